The van der Waals surface area contributed by atoms with Crippen molar-refractivity contribution in [2.45, 2.75) is 43.5 Å². The fraction of sp³-hybridized carbons (Fsp3) is 1.00. The second-order valence-electron chi connectivity index (χ2n) is 6.42. The van der Waals surface area contributed by atoms with Crippen molar-refractivity contribution in [2.75, 3.05) is 12.9 Å². The molecule has 2 aliphatic rings. The number of hydrogen-bond acceptors (Lipinski definition) is 3. The van der Waals surface area contributed by atoms with E-state index in [4.69, 9.17) is 28.0 Å². The van der Waals surface area contributed by atoms with Crippen LogP contribution in [-0.2, 0) is 15.9 Å². The zero-order valence-corrected chi connectivity index (χ0v) is 14.0. The summed E-state index contributed by atoms with van der Waals surface area (Å²) in [6.07, 6.45) is 1.67. The van der Waals surface area contributed by atoms with E-state index in [1.807, 2.05) is 6.92 Å². The van der Waals surface area contributed by atoms with Crippen molar-refractivity contribution in [2.24, 2.45) is 16.7 Å². The molecule has 2 aliphatic carbocycles. The molecule has 4 unspecified atom stereocenters. The van der Waals surface area contributed by atoms with Crippen molar-refractivity contribution in [3.05, 3.63) is 0 Å². The first-order chi connectivity index (χ1) is 8.57. The van der Waals surface area contributed by atoms with Crippen LogP contribution in [0.1, 0.15) is 33.6 Å². The average molecular weight is 330 g/mol. The van der Waals surface area contributed by atoms with Gasteiger partial charge in [0.2, 0.25) is 0 Å². The number of fused-ring (bicyclic) bond motifs is 2. The highest BCUT2D eigenvalue weighted by Crippen LogP contribution is 2.76. The number of hydrogen-bond donors (Lipinski definition) is 2. The van der Waals surface area contributed by atoms with Gasteiger partial charge in [-0.2, -0.15) is 5.48 Å². The van der Waals surface area contributed by atoms with Gasteiger partial charge in [-0.05, 0) is 31.1 Å². The molecule has 2 bridgehead atoms. The molecule has 19 heavy (non-hydrogen) atoms. The van der Waals surface area contributed by atoms with Gasteiger partial charge in [-0.1, -0.05) is 37.0 Å². The Morgan fingerprint density at radius 2 is 2.00 bits per heavy atom. The van der Waals surface area contributed by atoms with Crippen LogP contribution in [-0.4, -0.2) is 31.5 Å². The maximum absolute atomic E-state index is 11.5. The zero-order valence-electron chi connectivity index (χ0n) is 11.6. The molecule has 0 saturated heterocycles. The van der Waals surface area contributed by atoms with E-state index >= 15 is 0 Å². The van der Waals surface area contributed by atoms with Crippen molar-refractivity contribution in [3.8, 4) is 0 Å². The molecular weight excluding hydrogens is 309 g/mol. The molecule has 0 aromatic rings. The van der Waals surface area contributed by atoms with Crippen molar-refractivity contribution in [1.82, 2.24) is 5.48 Å². The first-order valence-electron chi connectivity index (χ1n) is 6.32. The van der Waals surface area contributed by atoms with Crippen molar-refractivity contribution < 1.29 is 13.6 Å². The lowest BCUT2D eigenvalue weighted by atomic mass is 9.63. The summed E-state index contributed by atoms with van der Waals surface area (Å²) in [5.41, 5.74) is 1.44. The molecule has 0 aromatic carbocycles. The van der Waals surface area contributed by atoms with E-state index in [-0.39, 0.29) is 17.1 Å². The van der Waals surface area contributed by atoms with Gasteiger partial charge in [0, 0.05) is 5.41 Å². The predicted octanol–water partition coefficient (Wildman–Crippen LogP) is 2.73. The largest absolute Gasteiger partial charge is 0.306 e. The summed E-state index contributed by atoms with van der Waals surface area (Å²) in [5, 5.41) is 0. The summed E-state index contributed by atoms with van der Waals surface area (Å²) in [6, 6.07) is 0. The maximum atomic E-state index is 11.5. The van der Waals surface area contributed by atoms with Crippen LogP contribution in [0.2, 0.25) is 0 Å². The molecule has 0 amide bonds. The number of alkyl halides is 2. The maximum Gasteiger partial charge on any atom is 0.153 e. The Morgan fingerprint density at radius 3 is 2.47 bits per heavy atom. The monoisotopic (exact) mass is 329 g/mol. The quantitative estimate of drug-likeness (QED) is 0.473. The summed E-state index contributed by atoms with van der Waals surface area (Å²) >= 11 is 11.4. The van der Waals surface area contributed by atoms with Gasteiger partial charge in [0.05, 0.1) is 18.4 Å². The van der Waals surface area contributed by atoms with Gasteiger partial charge in [-0.15, -0.1) is 0 Å². The van der Waals surface area contributed by atoms with E-state index in [2.05, 4.69) is 19.3 Å². The van der Waals surface area contributed by atoms with Crippen LogP contribution >= 0.6 is 23.2 Å². The molecule has 0 spiro atoms. The molecule has 0 radical (unpaired) electrons. The number of hydroxylamine groups is 1. The average Bonchev–Trinajstić information content (AvgIpc) is 2.53. The minimum Gasteiger partial charge on any atom is -0.306 e. The summed E-state index contributed by atoms with van der Waals surface area (Å²) in [5.74, 6) is 0.199. The Bertz CT molecular complexity index is 418. The minimum atomic E-state index is -1.91. The first kappa shape index (κ1) is 16.0. The van der Waals surface area contributed by atoms with E-state index in [1.165, 1.54) is 7.11 Å². The van der Waals surface area contributed by atoms with E-state index in [0.717, 1.165) is 12.8 Å². The lowest BCUT2D eigenvalue weighted by Crippen LogP contribution is -2.65. The SMILES string of the molecule is CONC1(C)C(Cl)(Cl)C2CCC1(CS(=O)O)C2(C)C. The summed E-state index contributed by atoms with van der Waals surface area (Å²) in [4.78, 5) is 5.12. The van der Waals surface area contributed by atoms with Gasteiger partial charge in [0.25, 0.3) is 0 Å². The molecule has 0 aliphatic heterocycles. The molecule has 2 N–H and O–H groups in total. The summed E-state index contributed by atoms with van der Waals surface area (Å²) in [6.45, 7) is 6.06. The summed E-state index contributed by atoms with van der Waals surface area (Å²) < 4.78 is 19.9. The van der Waals surface area contributed by atoms with E-state index < -0.39 is 26.4 Å². The zero-order chi connectivity index (χ0) is 14.7. The Labute approximate surface area is 126 Å². The Hall–Kier alpha value is 0.610. The van der Waals surface area contributed by atoms with Crippen LogP contribution < -0.4 is 5.48 Å². The van der Waals surface area contributed by atoms with Crippen molar-refractivity contribution in [3.63, 3.8) is 0 Å². The Kier molecular flexibility index (Phi) is 3.83. The van der Waals surface area contributed by atoms with E-state index in [1.54, 1.807) is 0 Å². The van der Waals surface area contributed by atoms with E-state index in [9.17, 15) is 8.76 Å². The van der Waals surface area contributed by atoms with Crippen molar-refractivity contribution >= 4 is 34.3 Å². The van der Waals surface area contributed by atoms with Gasteiger partial charge >= 0.3 is 0 Å². The molecular formula is C12H21Cl2NO3S. The van der Waals surface area contributed by atoms with Crippen LogP contribution in [0.4, 0.5) is 0 Å². The van der Waals surface area contributed by atoms with E-state index in [0.29, 0.717) is 0 Å². The standard InChI is InChI=1S/C12H21Cl2NO3S/c1-9(2)8-5-6-11(9,7-19(16)17)10(3,15-18-4)12(8,13)14/h8,15H,5-7H2,1-4H3,(H,16,17). The molecule has 2 saturated carbocycles. The fourth-order valence-electron chi connectivity index (χ4n) is 4.59. The van der Waals surface area contributed by atoms with Crippen LogP contribution in [0, 0.1) is 16.7 Å². The highest BCUT2D eigenvalue weighted by molar-refractivity contribution is 7.79. The Balaban J connectivity index is 2.60. The van der Waals surface area contributed by atoms with Crippen molar-refractivity contribution in [1.29, 1.82) is 0 Å². The topological polar surface area (TPSA) is 58.6 Å². The van der Waals surface area contributed by atoms with Crippen LogP contribution in [0.25, 0.3) is 0 Å². The molecule has 0 heterocycles. The third kappa shape index (κ3) is 1.72. The Morgan fingerprint density at radius 1 is 1.42 bits per heavy atom. The molecule has 4 atom stereocenters. The van der Waals surface area contributed by atoms with Gasteiger partial charge in [-0.25, -0.2) is 4.21 Å². The molecule has 112 valence electrons. The van der Waals surface area contributed by atoms with Crippen LogP contribution in [0.3, 0.4) is 0 Å². The molecule has 2 rings (SSSR count). The fourth-order valence-corrected chi connectivity index (χ4v) is 7.02. The van der Waals surface area contributed by atoms with Gasteiger partial charge in [0.1, 0.15) is 4.33 Å². The number of halogens is 2. The smallest absolute Gasteiger partial charge is 0.153 e. The highest BCUT2D eigenvalue weighted by atomic mass is 35.5. The van der Waals surface area contributed by atoms with Crippen LogP contribution in [0.15, 0.2) is 0 Å². The number of nitrogens with one attached hydrogen (secondary N) is 1. The number of rotatable bonds is 4. The van der Waals surface area contributed by atoms with Crippen LogP contribution in [0.5, 0.6) is 0 Å². The second kappa shape index (κ2) is 4.55. The highest BCUT2D eigenvalue weighted by Gasteiger charge is 2.80. The summed E-state index contributed by atoms with van der Waals surface area (Å²) in [7, 11) is 1.51. The lowest BCUT2D eigenvalue weighted by molar-refractivity contribution is -0.0551. The third-order valence-electron chi connectivity index (χ3n) is 5.70. The van der Waals surface area contributed by atoms with Gasteiger partial charge in [-0.3, -0.25) is 0 Å². The molecule has 2 fully saturated rings. The van der Waals surface area contributed by atoms with Gasteiger partial charge in [0.15, 0.2) is 11.1 Å². The molecule has 0 aromatic heterocycles. The predicted molar refractivity (Wildman–Crippen MR) is 77.6 cm³/mol. The first-order valence-corrected chi connectivity index (χ1v) is 8.35. The lowest BCUT2D eigenvalue weighted by Gasteiger charge is -2.51. The molecule has 4 nitrogen and oxygen atoms in total. The molecule has 7 heteroatoms. The normalized spacial score (nSPS) is 44.5. The minimum absolute atomic E-state index is 0.0551. The third-order valence-corrected chi connectivity index (χ3v) is 7.72. The second-order valence-corrected chi connectivity index (χ2v) is 8.73. The van der Waals surface area contributed by atoms with Gasteiger partial charge < -0.3 is 9.39 Å².